The zero-order chi connectivity index (χ0) is 36.6. The van der Waals surface area contributed by atoms with Gasteiger partial charge in [-0.05, 0) is 108 Å². The summed E-state index contributed by atoms with van der Waals surface area (Å²) < 4.78 is 59.0. The van der Waals surface area contributed by atoms with Crippen LogP contribution in [0.2, 0.25) is 0 Å². The van der Waals surface area contributed by atoms with Gasteiger partial charge in [-0.15, -0.1) is 0 Å². The van der Waals surface area contributed by atoms with Gasteiger partial charge in [0.1, 0.15) is 0 Å². The fraction of sp³-hybridized carbons (Fsp3) is 0.0476. The zero-order valence-corrected chi connectivity index (χ0v) is 29.8. The van der Waals surface area contributed by atoms with Crippen LogP contribution >= 0.6 is 0 Å². The van der Waals surface area contributed by atoms with E-state index in [4.69, 9.17) is 0 Å². The van der Waals surface area contributed by atoms with Crippen LogP contribution in [0.25, 0.3) is 21.5 Å². The van der Waals surface area contributed by atoms with Gasteiger partial charge in [-0.2, -0.15) is 8.61 Å². The lowest BCUT2D eigenvalue weighted by molar-refractivity contribution is 0.0996. The van der Waals surface area contributed by atoms with Crippen molar-refractivity contribution in [2.45, 2.75) is 23.6 Å². The van der Waals surface area contributed by atoms with E-state index < -0.39 is 31.9 Å². The van der Waals surface area contributed by atoms with Crippen LogP contribution in [0, 0.1) is 13.8 Å². The van der Waals surface area contributed by atoms with E-state index in [1.165, 1.54) is 48.5 Å². The minimum Gasteiger partial charge on any atom is -0.268 e. The molecular weight excluding hydrogens is 693 g/mol. The van der Waals surface area contributed by atoms with Gasteiger partial charge in [-0.25, -0.2) is 16.8 Å². The third-order valence-corrected chi connectivity index (χ3v) is 12.2. The first-order valence-corrected chi connectivity index (χ1v) is 19.2. The van der Waals surface area contributed by atoms with Gasteiger partial charge in [0.15, 0.2) is 0 Å². The van der Waals surface area contributed by atoms with Gasteiger partial charge in [0, 0.05) is 11.1 Å². The van der Waals surface area contributed by atoms with E-state index in [1.807, 2.05) is 38.1 Å². The summed E-state index contributed by atoms with van der Waals surface area (Å²) in [5.41, 5.74) is 1.94. The second-order valence-electron chi connectivity index (χ2n) is 12.4. The highest BCUT2D eigenvalue weighted by Crippen LogP contribution is 2.33. The number of nitrogens with zero attached hydrogens (tertiary/aromatic N) is 2. The van der Waals surface area contributed by atoms with Crippen molar-refractivity contribution in [2.24, 2.45) is 0 Å². The molecule has 0 unspecified atom stereocenters. The molecule has 7 rings (SSSR count). The van der Waals surface area contributed by atoms with E-state index in [9.17, 15) is 26.4 Å². The molecule has 7 aromatic rings. The van der Waals surface area contributed by atoms with Crippen molar-refractivity contribution < 1.29 is 26.4 Å². The molecule has 0 atom stereocenters. The van der Waals surface area contributed by atoms with Crippen molar-refractivity contribution in [1.82, 2.24) is 0 Å². The summed E-state index contributed by atoms with van der Waals surface area (Å²) in [7, 11) is -9.01. The first-order valence-electron chi connectivity index (χ1n) is 16.3. The molecule has 0 aromatic heterocycles. The average molecular weight is 725 g/mol. The largest absolute Gasteiger partial charge is 0.272 e. The topological polar surface area (TPSA) is 109 Å². The molecule has 0 spiro atoms. The fourth-order valence-electron chi connectivity index (χ4n) is 5.95. The smallest absolute Gasteiger partial charge is 0.268 e. The zero-order valence-electron chi connectivity index (χ0n) is 28.2. The van der Waals surface area contributed by atoms with Crippen molar-refractivity contribution in [3.63, 3.8) is 0 Å². The Morgan fingerprint density at radius 3 is 1.08 bits per heavy atom. The Hall–Kier alpha value is -6.10. The van der Waals surface area contributed by atoms with Crippen LogP contribution in [0.15, 0.2) is 168 Å². The monoisotopic (exact) mass is 724 g/mol. The number of aryl methyl sites for hydroxylation is 2. The average Bonchev–Trinajstić information content (AvgIpc) is 3.15. The highest BCUT2D eigenvalue weighted by Gasteiger charge is 2.35. The lowest BCUT2D eigenvalue weighted by Crippen LogP contribution is -2.38. The fourth-order valence-corrected chi connectivity index (χ4v) is 8.85. The molecule has 0 aliphatic heterocycles. The van der Waals surface area contributed by atoms with Crippen molar-refractivity contribution in [1.29, 1.82) is 0 Å². The van der Waals surface area contributed by atoms with Crippen molar-refractivity contribution >= 4 is 64.8 Å². The summed E-state index contributed by atoms with van der Waals surface area (Å²) >= 11 is 0. The molecule has 0 aliphatic rings. The summed E-state index contributed by atoms with van der Waals surface area (Å²) in [5.74, 6) is -1.62. The number of amides is 2. The molecule has 0 saturated carbocycles. The van der Waals surface area contributed by atoms with Crippen LogP contribution in [0.5, 0.6) is 0 Å². The third-order valence-electron chi connectivity index (χ3n) is 8.80. The molecule has 52 heavy (non-hydrogen) atoms. The van der Waals surface area contributed by atoms with Gasteiger partial charge in [0.2, 0.25) is 0 Å². The third kappa shape index (κ3) is 6.45. The minimum atomic E-state index is -4.51. The normalized spacial score (nSPS) is 11.7. The molecule has 10 heteroatoms. The van der Waals surface area contributed by atoms with Crippen LogP contribution in [0.3, 0.4) is 0 Å². The Morgan fingerprint density at radius 2 is 0.731 bits per heavy atom. The van der Waals surface area contributed by atoms with Crippen molar-refractivity contribution in [3.05, 3.63) is 180 Å². The Balaban J connectivity index is 1.35. The summed E-state index contributed by atoms with van der Waals surface area (Å²) in [4.78, 5) is 28.0. The summed E-state index contributed by atoms with van der Waals surface area (Å²) in [6.07, 6.45) is 0. The van der Waals surface area contributed by atoms with Gasteiger partial charge in [-0.1, -0.05) is 96.1 Å². The maximum atomic E-state index is 14.4. The summed E-state index contributed by atoms with van der Waals surface area (Å²) in [6, 6.07) is 42.1. The SMILES string of the molecule is Cc1ccc(C(=O)N(c2ccc(N(C(=O)c3ccc(C)cc3)S(=O)(=O)c3ccc4ccccc4c3)cc2)S(=O)(=O)c2ccc3ccccc3c2)cc1. The van der Waals surface area contributed by atoms with Gasteiger partial charge >= 0.3 is 0 Å². The van der Waals surface area contributed by atoms with E-state index in [1.54, 1.807) is 84.9 Å². The Bertz CT molecular complexity index is 2520. The molecular formula is C42H32N2O6S2. The van der Waals surface area contributed by atoms with Gasteiger partial charge < -0.3 is 0 Å². The number of hydrogen-bond acceptors (Lipinski definition) is 6. The van der Waals surface area contributed by atoms with E-state index >= 15 is 0 Å². The number of sulfonamides is 2. The van der Waals surface area contributed by atoms with Crippen LogP contribution in [0.4, 0.5) is 11.4 Å². The minimum absolute atomic E-state index is 0.0479. The molecule has 258 valence electrons. The molecule has 0 radical (unpaired) electrons. The molecule has 0 N–H and O–H groups in total. The maximum Gasteiger partial charge on any atom is 0.272 e. The molecule has 0 fully saturated rings. The number of fused-ring (bicyclic) bond motifs is 2. The van der Waals surface area contributed by atoms with Gasteiger partial charge in [0.25, 0.3) is 31.9 Å². The number of carbonyl (C=O) groups excluding carboxylic acids is 2. The Labute approximate surface area is 302 Å². The van der Waals surface area contributed by atoms with E-state index in [0.717, 1.165) is 21.9 Å². The Morgan fingerprint density at radius 1 is 0.404 bits per heavy atom. The summed E-state index contributed by atoms with van der Waals surface area (Å²) in [5, 5.41) is 3.00. The quantitative estimate of drug-likeness (QED) is 0.155. The molecule has 0 saturated heterocycles. The second kappa shape index (κ2) is 13.6. The standard InChI is InChI=1S/C42H32N2O6S2/c1-29-11-15-33(16-12-29)41(45)43(51(47,48)39-25-19-31-7-3-5-9-35(31)27-39)37-21-23-38(24-22-37)44(42(46)34-17-13-30(2)14-18-34)52(49,50)40-26-20-32-8-4-6-10-36(32)28-40/h3-28H,1-2H3. The molecule has 0 aliphatic carbocycles. The van der Waals surface area contributed by atoms with Crippen LogP contribution in [-0.4, -0.2) is 28.6 Å². The maximum absolute atomic E-state index is 14.4. The molecule has 8 nitrogen and oxygen atoms in total. The first kappa shape index (κ1) is 34.4. The number of carbonyl (C=O) groups is 2. The van der Waals surface area contributed by atoms with Gasteiger partial charge in [-0.3, -0.25) is 9.59 Å². The first-order chi connectivity index (χ1) is 24.9. The summed E-state index contributed by atoms with van der Waals surface area (Å²) in [6.45, 7) is 3.71. The predicted octanol–water partition coefficient (Wildman–Crippen LogP) is 8.68. The number of hydrogen-bond donors (Lipinski definition) is 0. The highest BCUT2D eigenvalue weighted by molar-refractivity contribution is 7.94. The molecule has 0 heterocycles. The van der Waals surface area contributed by atoms with E-state index in [2.05, 4.69) is 0 Å². The van der Waals surface area contributed by atoms with Crippen molar-refractivity contribution in [3.8, 4) is 0 Å². The number of rotatable bonds is 8. The molecule has 7 aromatic carbocycles. The van der Waals surface area contributed by atoms with E-state index in [0.29, 0.717) is 19.4 Å². The second-order valence-corrected chi connectivity index (χ2v) is 16.0. The lowest BCUT2D eigenvalue weighted by Gasteiger charge is -2.26. The number of benzene rings is 7. The van der Waals surface area contributed by atoms with Crippen LogP contribution in [0.1, 0.15) is 31.8 Å². The van der Waals surface area contributed by atoms with Crippen molar-refractivity contribution in [2.75, 3.05) is 8.61 Å². The van der Waals surface area contributed by atoms with Crippen LogP contribution < -0.4 is 8.61 Å². The van der Waals surface area contributed by atoms with Crippen LogP contribution in [-0.2, 0) is 20.0 Å². The number of anilines is 2. The Kier molecular flexibility index (Phi) is 8.95. The molecule has 0 bridgehead atoms. The molecule has 2 amide bonds. The highest BCUT2D eigenvalue weighted by atomic mass is 32.2. The predicted molar refractivity (Wildman–Crippen MR) is 205 cm³/mol. The van der Waals surface area contributed by atoms with E-state index in [-0.39, 0.29) is 32.3 Å². The van der Waals surface area contributed by atoms with Gasteiger partial charge in [0.05, 0.1) is 21.2 Å². The lowest BCUT2D eigenvalue weighted by atomic mass is 10.1.